The van der Waals surface area contributed by atoms with Crippen LogP contribution in [0.4, 0.5) is 0 Å². The van der Waals surface area contributed by atoms with Crippen LogP contribution in [-0.2, 0) is 58.1 Å². The van der Waals surface area contributed by atoms with Gasteiger partial charge in [0, 0.05) is 0 Å². The first-order chi connectivity index (χ1) is 10.0. The summed E-state index contributed by atoms with van der Waals surface area (Å²) in [6.45, 7) is 21.2. The van der Waals surface area contributed by atoms with Gasteiger partial charge in [-0.25, -0.2) is 24.3 Å². The fourth-order valence-corrected chi connectivity index (χ4v) is 0.642. The first-order valence-corrected chi connectivity index (χ1v) is 4.39. The summed E-state index contributed by atoms with van der Waals surface area (Å²) in [6, 6.07) is 20.0. The normalized spacial score (nSPS) is 4.18. The molecule has 22 heavy (non-hydrogen) atoms. The molecule has 2 aromatic carbocycles. The van der Waals surface area contributed by atoms with Crippen molar-refractivity contribution in [3.8, 4) is 0 Å². The van der Waals surface area contributed by atoms with Crippen molar-refractivity contribution in [1.82, 2.24) is 0 Å². The second-order valence-electron chi connectivity index (χ2n) is 1.92. The Morgan fingerprint density at radius 3 is 0.773 bits per heavy atom. The topological polar surface area (TPSA) is 96.7 Å². The quantitative estimate of drug-likeness (QED) is 0.394. The van der Waals surface area contributed by atoms with Crippen molar-refractivity contribution in [1.29, 1.82) is 0 Å². The third kappa shape index (κ3) is 79.0. The van der Waals surface area contributed by atoms with Crippen LogP contribution in [0, 0.1) is 26.6 Å². The smallest absolute Gasteiger partial charge is 0.545 e. The number of hydrogen-bond acceptors (Lipinski definition) is 1. The Kier molecular flexibility index (Phi) is 181. The Bertz CT molecular complexity index is 290. The Morgan fingerprint density at radius 1 is 0.591 bits per heavy atom. The summed E-state index contributed by atoms with van der Waals surface area (Å²) in [5, 5.41) is 0. The minimum Gasteiger partial charge on any atom is -0.545 e. The van der Waals surface area contributed by atoms with Crippen LogP contribution in [0.2, 0.25) is 0 Å². The van der Waals surface area contributed by atoms with E-state index in [-0.39, 0.29) is 34.7 Å². The molecule has 2 rings (SSSR count). The zero-order chi connectivity index (χ0) is 17.1. The van der Waals surface area contributed by atoms with Crippen LogP contribution in [0.15, 0.2) is 60.7 Å². The Labute approximate surface area is 152 Å². The summed E-state index contributed by atoms with van der Waals surface area (Å²) in [5.74, 6) is 0. The fraction of sp³-hybridized carbons (Fsp3) is 0. The van der Waals surface area contributed by atoms with Gasteiger partial charge in [-0.05, 0) is 0 Å². The van der Waals surface area contributed by atoms with Gasteiger partial charge in [0.2, 0.25) is 0 Å². The number of carbonyl (C=O) groups excluding carboxylic acids is 1. The van der Waals surface area contributed by atoms with Crippen molar-refractivity contribution in [2.24, 2.45) is 0 Å². The fourth-order valence-electron chi connectivity index (χ4n) is 0.642. The maximum Gasteiger partial charge on any atom is 6.00 e. The summed E-state index contributed by atoms with van der Waals surface area (Å²) in [6.07, 6.45) is 0. The molecule has 0 heterocycles. The van der Waals surface area contributed by atoms with Gasteiger partial charge in [0.05, 0.1) is 0 Å². The zero-order valence-corrected chi connectivity index (χ0v) is 13.8. The molecular formula is C15H11Cr2O5+8. The van der Waals surface area contributed by atoms with Crippen LogP contribution in [0.5, 0.6) is 0 Å². The third-order valence-electron chi connectivity index (χ3n) is 1.11. The molecular weight excluding hydrogens is 364 g/mol. The molecule has 0 spiro atoms. The number of hydrogen-bond donors (Lipinski definition) is 0. The standard InChI is InChI=1S/2C5H5.CHO.4CO.2Cr/c2*1-2-4-5-3-1;5*1-2;;/h2*1-5H;1H;;;;;;/q3*-1;;;;;+5;+6. The van der Waals surface area contributed by atoms with Gasteiger partial charge in [-0.1, -0.05) is 0 Å². The van der Waals surface area contributed by atoms with Gasteiger partial charge >= 0.3 is 79.9 Å². The van der Waals surface area contributed by atoms with Crippen molar-refractivity contribution in [2.45, 2.75) is 0 Å². The second-order valence-corrected chi connectivity index (χ2v) is 1.92. The van der Waals surface area contributed by atoms with Crippen LogP contribution in [0.1, 0.15) is 0 Å². The van der Waals surface area contributed by atoms with Crippen molar-refractivity contribution < 1.29 is 58.1 Å². The molecule has 105 valence electrons. The van der Waals surface area contributed by atoms with Gasteiger partial charge in [-0.3, -0.25) is 6.79 Å². The molecule has 0 atom stereocenters. The van der Waals surface area contributed by atoms with E-state index in [2.05, 4.69) is 33.4 Å². The first-order valence-electron chi connectivity index (χ1n) is 4.39. The van der Waals surface area contributed by atoms with Crippen LogP contribution < -0.4 is 0 Å². The largest absolute Gasteiger partial charge is 6.00 e. The van der Waals surface area contributed by atoms with E-state index in [1.165, 1.54) is 0 Å². The molecule has 0 aliphatic carbocycles. The molecule has 0 saturated heterocycles. The van der Waals surface area contributed by atoms with Crippen LogP contribution >= 0.6 is 0 Å². The Morgan fingerprint density at radius 2 is 0.727 bits per heavy atom. The summed E-state index contributed by atoms with van der Waals surface area (Å²) in [7, 11) is 0. The van der Waals surface area contributed by atoms with Gasteiger partial charge in [0.25, 0.3) is 0 Å². The molecule has 5 nitrogen and oxygen atoms in total. The molecule has 2 aromatic rings. The molecule has 0 bridgehead atoms. The molecule has 0 aliphatic heterocycles. The summed E-state index contributed by atoms with van der Waals surface area (Å²) < 4.78 is 30.0. The number of rotatable bonds is 0. The first kappa shape index (κ1) is 42.8. The van der Waals surface area contributed by atoms with E-state index in [1.54, 1.807) is 0 Å². The maximum atomic E-state index is 7.75. The van der Waals surface area contributed by atoms with Crippen molar-refractivity contribution in [3.05, 3.63) is 87.3 Å². The SMILES string of the molecule is [C-]#[O+].[C-]#[O+].[C-]#[O+].[C-]#[O+].[CH-]=O.[Cr+5].[Cr+6].c1cc[cH-]c1.c1cc[cH-]c1. The molecule has 7 heteroatoms. The molecule has 1 radical (unpaired) electrons. The molecule has 0 aliphatic rings. The summed E-state index contributed by atoms with van der Waals surface area (Å²) in [5.41, 5.74) is 0. The molecule has 0 aromatic heterocycles. The van der Waals surface area contributed by atoms with Gasteiger partial charge in [0.15, 0.2) is 0 Å². The maximum absolute atomic E-state index is 7.75. The predicted octanol–water partition coefficient (Wildman–Crippen LogP) is 2.38. The Hall–Kier alpha value is -1.61. The van der Waals surface area contributed by atoms with Crippen molar-refractivity contribution in [3.63, 3.8) is 0 Å². The van der Waals surface area contributed by atoms with E-state index in [4.69, 9.17) is 23.4 Å². The van der Waals surface area contributed by atoms with Crippen LogP contribution in [0.3, 0.4) is 0 Å². The molecule has 0 saturated carbocycles. The van der Waals surface area contributed by atoms with Gasteiger partial charge in [0.1, 0.15) is 0 Å². The van der Waals surface area contributed by atoms with Crippen LogP contribution in [0.25, 0.3) is 0 Å². The van der Waals surface area contributed by atoms with Crippen molar-refractivity contribution >= 4 is 6.79 Å². The summed E-state index contributed by atoms with van der Waals surface area (Å²) in [4.78, 5) is 7.75. The average molecular weight is 375 g/mol. The second kappa shape index (κ2) is 93.1. The Balaban J connectivity index is -0.0000000251. The minimum atomic E-state index is 0. The van der Waals surface area contributed by atoms with Gasteiger partial charge in [-0.2, -0.15) is 36.4 Å². The summed E-state index contributed by atoms with van der Waals surface area (Å²) >= 11 is 0. The molecule has 0 fully saturated rings. The zero-order valence-electron chi connectivity index (χ0n) is 11.2. The minimum absolute atomic E-state index is 0. The van der Waals surface area contributed by atoms with E-state index in [1.807, 2.05) is 60.7 Å². The van der Waals surface area contributed by atoms with Gasteiger partial charge in [-0.15, -0.1) is 0 Å². The molecule has 0 amide bonds. The predicted molar refractivity (Wildman–Crippen MR) is 66.5 cm³/mol. The van der Waals surface area contributed by atoms with Gasteiger partial charge < -0.3 is 4.79 Å². The van der Waals surface area contributed by atoms with E-state index in [0.717, 1.165) is 0 Å². The van der Waals surface area contributed by atoms with E-state index in [9.17, 15) is 0 Å². The van der Waals surface area contributed by atoms with E-state index in [0.29, 0.717) is 0 Å². The van der Waals surface area contributed by atoms with Crippen molar-refractivity contribution in [2.75, 3.05) is 0 Å². The van der Waals surface area contributed by atoms with Crippen LogP contribution in [-0.4, -0.2) is 6.79 Å². The average Bonchev–Trinajstić information content (AvgIpc) is 3.34. The monoisotopic (exact) mass is 375 g/mol. The third-order valence-corrected chi connectivity index (χ3v) is 1.11. The van der Waals surface area contributed by atoms with E-state index >= 15 is 0 Å². The van der Waals surface area contributed by atoms with E-state index < -0.39 is 0 Å². The molecule has 0 unspecified atom stereocenters. The molecule has 0 N–H and O–H groups in total.